The fourth-order valence-corrected chi connectivity index (χ4v) is 4.68. The van der Waals surface area contributed by atoms with Crippen molar-refractivity contribution in [2.24, 2.45) is 5.73 Å². The van der Waals surface area contributed by atoms with Gasteiger partial charge in [-0.05, 0) is 45.3 Å². The maximum Gasteiger partial charge on any atom is 0.0475 e. The van der Waals surface area contributed by atoms with Gasteiger partial charge in [-0.1, -0.05) is 30.3 Å². The Bertz CT molecular complexity index is 563. The summed E-state index contributed by atoms with van der Waals surface area (Å²) >= 11 is 5.32. The smallest absolute Gasteiger partial charge is 0.0475 e. The molecule has 2 aromatic rings. The van der Waals surface area contributed by atoms with E-state index in [0.29, 0.717) is 0 Å². The normalized spacial score (nSPS) is 19.7. The number of hydrogen-bond acceptors (Lipinski definition) is 3. The molecule has 1 aromatic carbocycles. The van der Waals surface area contributed by atoms with Gasteiger partial charge in [-0.25, -0.2) is 0 Å². The van der Waals surface area contributed by atoms with Crippen LogP contribution in [0.5, 0.6) is 0 Å². The second kappa shape index (κ2) is 5.98. The molecular formula is C16H18BrNOS. The summed E-state index contributed by atoms with van der Waals surface area (Å²) < 4.78 is 6.70. The Kier molecular flexibility index (Phi) is 4.26. The third-order valence-electron chi connectivity index (χ3n) is 4.31. The molecular weight excluding hydrogens is 334 g/mol. The fourth-order valence-electron chi connectivity index (χ4n) is 3.10. The van der Waals surface area contributed by atoms with Crippen LogP contribution in [-0.4, -0.2) is 13.2 Å². The number of nitrogens with two attached hydrogens (primary N) is 1. The van der Waals surface area contributed by atoms with E-state index in [1.54, 1.807) is 11.3 Å². The minimum absolute atomic E-state index is 0.00516. The van der Waals surface area contributed by atoms with E-state index in [2.05, 4.69) is 57.0 Å². The molecule has 1 atom stereocenters. The lowest BCUT2D eigenvalue weighted by molar-refractivity contribution is 0.0397. The Balaban J connectivity index is 2.04. The van der Waals surface area contributed by atoms with E-state index in [-0.39, 0.29) is 11.5 Å². The zero-order valence-corrected chi connectivity index (χ0v) is 13.6. The van der Waals surface area contributed by atoms with Crippen LogP contribution in [0.25, 0.3) is 0 Å². The Morgan fingerprint density at radius 3 is 2.45 bits per heavy atom. The SMILES string of the molecule is NC(c1cscc1Br)C1(c2ccccc2)CCOCC1. The molecule has 2 nitrogen and oxygen atoms in total. The van der Waals surface area contributed by atoms with Crippen molar-refractivity contribution in [3.63, 3.8) is 0 Å². The van der Waals surface area contributed by atoms with Crippen molar-refractivity contribution in [3.8, 4) is 0 Å². The number of halogens is 1. The molecule has 2 N–H and O–H groups in total. The lowest BCUT2D eigenvalue weighted by Crippen LogP contribution is -2.43. The molecule has 0 bridgehead atoms. The van der Waals surface area contributed by atoms with Crippen molar-refractivity contribution in [1.82, 2.24) is 0 Å². The highest BCUT2D eigenvalue weighted by atomic mass is 79.9. The summed E-state index contributed by atoms with van der Waals surface area (Å²) in [4.78, 5) is 0. The van der Waals surface area contributed by atoms with Gasteiger partial charge in [0.25, 0.3) is 0 Å². The van der Waals surface area contributed by atoms with E-state index in [1.165, 1.54) is 11.1 Å². The van der Waals surface area contributed by atoms with Crippen molar-refractivity contribution in [2.45, 2.75) is 24.3 Å². The average Bonchev–Trinajstić information content (AvgIpc) is 2.94. The molecule has 1 fully saturated rings. The van der Waals surface area contributed by atoms with Crippen molar-refractivity contribution in [2.75, 3.05) is 13.2 Å². The van der Waals surface area contributed by atoms with Crippen molar-refractivity contribution >= 4 is 27.3 Å². The molecule has 1 aliphatic heterocycles. The summed E-state index contributed by atoms with van der Waals surface area (Å²) in [5.41, 5.74) is 9.22. The molecule has 1 aliphatic rings. The second-order valence-electron chi connectivity index (χ2n) is 5.29. The van der Waals surface area contributed by atoms with Crippen LogP contribution in [0.2, 0.25) is 0 Å². The zero-order valence-electron chi connectivity index (χ0n) is 11.2. The number of hydrogen-bond donors (Lipinski definition) is 1. The quantitative estimate of drug-likeness (QED) is 0.896. The van der Waals surface area contributed by atoms with Gasteiger partial charge in [-0.3, -0.25) is 0 Å². The predicted octanol–water partition coefficient (Wildman–Crippen LogP) is 4.26. The molecule has 4 heteroatoms. The Labute approximate surface area is 132 Å². The van der Waals surface area contributed by atoms with Crippen LogP contribution in [0, 0.1) is 0 Å². The first-order valence-corrected chi connectivity index (χ1v) is 8.58. The zero-order chi connectivity index (χ0) is 14.0. The lowest BCUT2D eigenvalue weighted by atomic mass is 9.67. The summed E-state index contributed by atoms with van der Waals surface area (Å²) in [7, 11) is 0. The van der Waals surface area contributed by atoms with Gasteiger partial charge < -0.3 is 10.5 Å². The molecule has 0 saturated carbocycles. The Morgan fingerprint density at radius 1 is 1.15 bits per heavy atom. The molecule has 0 radical (unpaired) electrons. The van der Waals surface area contributed by atoms with Crippen molar-refractivity contribution in [3.05, 3.63) is 56.7 Å². The van der Waals surface area contributed by atoms with Gasteiger partial charge in [0.15, 0.2) is 0 Å². The standard InChI is InChI=1S/C16H18BrNOS/c17-14-11-20-10-13(14)15(18)16(6-8-19-9-7-16)12-4-2-1-3-5-12/h1-5,10-11,15H,6-9,18H2. The first kappa shape index (κ1) is 14.3. The van der Waals surface area contributed by atoms with Crippen LogP contribution in [0.1, 0.15) is 30.0 Å². The van der Waals surface area contributed by atoms with E-state index >= 15 is 0 Å². The van der Waals surface area contributed by atoms with Crippen LogP contribution in [0.3, 0.4) is 0 Å². The van der Waals surface area contributed by atoms with Gasteiger partial charge in [0.2, 0.25) is 0 Å². The predicted molar refractivity (Wildman–Crippen MR) is 87.1 cm³/mol. The second-order valence-corrected chi connectivity index (χ2v) is 6.89. The lowest BCUT2D eigenvalue weighted by Gasteiger charge is -2.42. The van der Waals surface area contributed by atoms with Crippen LogP contribution in [0.15, 0.2) is 45.6 Å². The highest BCUT2D eigenvalue weighted by molar-refractivity contribution is 9.10. The highest BCUT2D eigenvalue weighted by Gasteiger charge is 2.41. The van der Waals surface area contributed by atoms with E-state index in [9.17, 15) is 0 Å². The molecule has 106 valence electrons. The Morgan fingerprint density at radius 2 is 1.85 bits per heavy atom. The Hall–Kier alpha value is -0.680. The van der Waals surface area contributed by atoms with E-state index in [4.69, 9.17) is 10.5 Å². The van der Waals surface area contributed by atoms with Crippen molar-refractivity contribution in [1.29, 1.82) is 0 Å². The molecule has 3 rings (SSSR count). The van der Waals surface area contributed by atoms with Gasteiger partial charge in [0.05, 0.1) is 0 Å². The van der Waals surface area contributed by atoms with E-state index < -0.39 is 0 Å². The summed E-state index contributed by atoms with van der Waals surface area (Å²) in [6.07, 6.45) is 1.95. The molecule has 20 heavy (non-hydrogen) atoms. The third-order valence-corrected chi connectivity index (χ3v) is 6.06. The average molecular weight is 352 g/mol. The topological polar surface area (TPSA) is 35.2 Å². The van der Waals surface area contributed by atoms with Gasteiger partial charge in [0, 0.05) is 34.5 Å². The largest absolute Gasteiger partial charge is 0.381 e. The molecule has 1 unspecified atom stereocenters. The number of thiophene rings is 1. The van der Waals surface area contributed by atoms with Crippen LogP contribution < -0.4 is 5.73 Å². The fraction of sp³-hybridized carbons (Fsp3) is 0.375. The summed E-state index contributed by atoms with van der Waals surface area (Å²) in [6, 6.07) is 10.7. The minimum atomic E-state index is -0.0247. The van der Waals surface area contributed by atoms with Crippen LogP contribution in [0.4, 0.5) is 0 Å². The molecule has 1 aromatic heterocycles. The van der Waals surface area contributed by atoms with Crippen LogP contribution in [-0.2, 0) is 10.2 Å². The number of ether oxygens (including phenoxy) is 1. The number of rotatable bonds is 3. The van der Waals surface area contributed by atoms with Gasteiger partial charge in [-0.2, -0.15) is 11.3 Å². The molecule has 0 amide bonds. The minimum Gasteiger partial charge on any atom is -0.381 e. The molecule has 1 saturated heterocycles. The van der Waals surface area contributed by atoms with Crippen LogP contribution >= 0.6 is 27.3 Å². The molecule has 2 heterocycles. The summed E-state index contributed by atoms with van der Waals surface area (Å²) in [5.74, 6) is 0. The highest BCUT2D eigenvalue weighted by Crippen LogP contribution is 2.45. The maximum absolute atomic E-state index is 6.70. The van der Waals surface area contributed by atoms with E-state index in [1.807, 2.05) is 0 Å². The number of benzene rings is 1. The van der Waals surface area contributed by atoms with Gasteiger partial charge >= 0.3 is 0 Å². The molecule has 0 aliphatic carbocycles. The first-order chi connectivity index (χ1) is 9.74. The van der Waals surface area contributed by atoms with Gasteiger partial charge in [0.1, 0.15) is 0 Å². The van der Waals surface area contributed by atoms with Gasteiger partial charge in [-0.15, -0.1) is 0 Å². The first-order valence-electron chi connectivity index (χ1n) is 6.84. The molecule has 0 spiro atoms. The maximum atomic E-state index is 6.70. The monoisotopic (exact) mass is 351 g/mol. The van der Waals surface area contributed by atoms with E-state index in [0.717, 1.165) is 30.5 Å². The summed E-state index contributed by atoms with van der Waals surface area (Å²) in [5, 5.41) is 4.27. The summed E-state index contributed by atoms with van der Waals surface area (Å²) in [6.45, 7) is 1.56. The van der Waals surface area contributed by atoms with Crippen molar-refractivity contribution < 1.29 is 4.74 Å². The third kappa shape index (κ3) is 2.46.